The van der Waals surface area contributed by atoms with Crippen LogP contribution in [0.25, 0.3) is 0 Å². The summed E-state index contributed by atoms with van der Waals surface area (Å²) >= 11 is 9.40. The maximum atomic E-state index is 10.7. The highest BCUT2D eigenvalue weighted by Gasteiger charge is 2.16. The minimum atomic E-state index is -1.02. The highest BCUT2D eigenvalue weighted by Crippen LogP contribution is 2.31. The van der Waals surface area contributed by atoms with E-state index in [1.54, 1.807) is 6.07 Å². The Kier molecular flexibility index (Phi) is 4.62. The lowest BCUT2D eigenvalue weighted by molar-refractivity contribution is -0.144. The van der Waals surface area contributed by atoms with Gasteiger partial charge in [-0.3, -0.25) is 0 Å². The first kappa shape index (κ1) is 13.3. The van der Waals surface area contributed by atoms with Crippen molar-refractivity contribution in [3.63, 3.8) is 0 Å². The molecule has 1 unspecified atom stereocenters. The van der Waals surface area contributed by atoms with Crippen LogP contribution in [0.2, 0.25) is 5.02 Å². The molecule has 3 nitrogen and oxygen atoms in total. The number of hydrogen-bond donors (Lipinski definition) is 1. The first-order valence-corrected chi connectivity index (χ1v) is 6.20. The fourth-order valence-electron chi connectivity index (χ4n) is 1.23. The lowest BCUT2D eigenvalue weighted by atomic mass is 10.1. The van der Waals surface area contributed by atoms with E-state index < -0.39 is 12.1 Å². The zero-order chi connectivity index (χ0) is 12.3. The number of benzene rings is 1. The van der Waals surface area contributed by atoms with Crippen molar-refractivity contribution in [2.75, 3.05) is 0 Å². The molecule has 0 heterocycles. The molecule has 5 heteroatoms. The molecule has 1 aromatic carbocycles. The van der Waals surface area contributed by atoms with Gasteiger partial charge in [-0.1, -0.05) is 33.6 Å². The highest BCUT2D eigenvalue weighted by atomic mass is 79.9. The van der Waals surface area contributed by atoms with Gasteiger partial charge in [-0.15, -0.1) is 0 Å². The molecule has 0 saturated heterocycles. The van der Waals surface area contributed by atoms with Crippen molar-refractivity contribution in [3.8, 4) is 5.75 Å². The molecule has 0 saturated carbocycles. The van der Waals surface area contributed by atoms with Gasteiger partial charge in [0.15, 0.2) is 6.10 Å². The molecule has 0 spiro atoms. The molecule has 1 aromatic rings. The lowest BCUT2D eigenvalue weighted by Gasteiger charge is -2.14. The van der Waals surface area contributed by atoms with Gasteiger partial charge in [-0.2, -0.15) is 0 Å². The summed E-state index contributed by atoms with van der Waals surface area (Å²) in [5.41, 5.74) is 1.86. The van der Waals surface area contributed by atoms with Gasteiger partial charge in [-0.05, 0) is 31.0 Å². The molecule has 0 aromatic heterocycles. The van der Waals surface area contributed by atoms with Crippen LogP contribution in [0.4, 0.5) is 0 Å². The Morgan fingerprint density at radius 2 is 2.25 bits per heavy atom. The molecule has 0 bridgehead atoms. The van der Waals surface area contributed by atoms with Crippen molar-refractivity contribution >= 4 is 33.5 Å². The fraction of sp³-hybridized carbons (Fsp3) is 0.364. The minimum absolute atomic E-state index is 0.408. The van der Waals surface area contributed by atoms with E-state index in [0.29, 0.717) is 16.1 Å². The molecule has 1 N–H and O–H groups in total. The zero-order valence-corrected chi connectivity index (χ0v) is 11.3. The normalized spacial score (nSPS) is 12.2. The van der Waals surface area contributed by atoms with E-state index in [1.807, 2.05) is 13.0 Å². The number of ether oxygens (including phenoxy) is 1. The molecule has 1 rings (SSSR count). The number of aliphatic carboxylic acids is 1. The summed E-state index contributed by atoms with van der Waals surface area (Å²) in [5, 5.41) is 9.81. The van der Waals surface area contributed by atoms with Crippen LogP contribution in [0.3, 0.4) is 0 Å². The maximum absolute atomic E-state index is 10.7. The average Bonchev–Trinajstić information content (AvgIpc) is 2.22. The zero-order valence-electron chi connectivity index (χ0n) is 8.96. The van der Waals surface area contributed by atoms with Gasteiger partial charge < -0.3 is 9.84 Å². The fourth-order valence-corrected chi connectivity index (χ4v) is 2.06. The van der Waals surface area contributed by atoms with Gasteiger partial charge >= 0.3 is 5.97 Å². The summed E-state index contributed by atoms with van der Waals surface area (Å²) in [5.74, 6) is -0.607. The van der Waals surface area contributed by atoms with Crippen LogP contribution in [-0.2, 0) is 10.1 Å². The third-order valence-corrected chi connectivity index (χ3v) is 3.09. The van der Waals surface area contributed by atoms with E-state index in [-0.39, 0.29) is 0 Å². The molecule has 0 fully saturated rings. The second-order valence-electron chi connectivity index (χ2n) is 3.47. The van der Waals surface area contributed by atoms with Gasteiger partial charge in [0.05, 0.1) is 5.02 Å². The molecule has 88 valence electrons. The molecular weight excluding hydrogens is 295 g/mol. The van der Waals surface area contributed by atoms with Crippen LogP contribution in [0, 0.1) is 6.92 Å². The summed E-state index contributed by atoms with van der Waals surface area (Å²) < 4.78 is 5.28. The SMILES string of the molecule is Cc1cc(CBr)c(Cl)c(OC(C)C(=O)O)c1. The number of carboxylic acids is 1. The quantitative estimate of drug-likeness (QED) is 0.867. The molecule has 0 aliphatic heterocycles. The predicted octanol–water partition coefficient (Wildman–Crippen LogP) is 3.40. The van der Waals surface area contributed by atoms with E-state index >= 15 is 0 Å². The van der Waals surface area contributed by atoms with Crippen LogP contribution >= 0.6 is 27.5 Å². The Morgan fingerprint density at radius 1 is 1.62 bits per heavy atom. The van der Waals surface area contributed by atoms with Crippen molar-refractivity contribution < 1.29 is 14.6 Å². The molecule has 0 aliphatic rings. The smallest absolute Gasteiger partial charge is 0.344 e. The molecule has 0 amide bonds. The van der Waals surface area contributed by atoms with Gasteiger partial charge in [0, 0.05) is 5.33 Å². The number of aryl methyl sites for hydroxylation is 1. The third kappa shape index (κ3) is 3.12. The first-order valence-electron chi connectivity index (χ1n) is 4.70. The summed E-state index contributed by atoms with van der Waals surface area (Å²) in [6.07, 6.45) is -0.914. The number of halogens is 2. The van der Waals surface area contributed by atoms with Crippen molar-refractivity contribution in [2.45, 2.75) is 25.3 Å². The standard InChI is InChI=1S/C11H12BrClO3/c1-6-3-8(5-12)10(13)9(4-6)16-7(2)11(14)15/h3-4,7H,5H2,1-2H3,(H,14,15). The maximum Gasteiger partial charge on any atom is 0.344 e. The Labute approximate surface area is 107 Å². The summed E-state index contributed by atoms with van der Waals surface area (Å²) in [6, 6.07) is 3.66. The minimum Gasteiger partial charge on any atom is -0.479 e. The number of alkyl halides is 1. The third-order valence-electron chi connectivity index (χ3n) is 2.05. The van der Waals surface area contributed by atoms with E-state index in [9.17, 15) is 4.79 Å². The van der Waals surface area contributed by atoms with E-state index in [0.717, 1.165) is 11.1 Å². The van der Waals surface area contributed by atoms with Crippen LogP contribution < -0.4 is 4.74 Å². The average molecular weight is 308 g/mol. The number of carbonyl (C=O) groups is 1. The van der Waals surface area contributed by atoms with Gasteiger partial charge in [-0.25, -0.2) is 4.79 Å². The van der Waals surface area contributed by atoms with Crippen molar-refractivity contribution in [1.29, 1.82) is 0 Å². The van der Waals surface area contributed by atoms with E-state index in [2.05, 4.69) is 15.9 Å². The summed E-state index contributed by atoms with van der Waals surface area (Å²) in [7, 11) is 0. The molecule has 16 heavy (non-hydrogen) atoms. The summed E-state index contributed by atoms with van der Waals surface area (Å²) in [4.78, 5) is 10.7. The van der Waals surface area contributed by atoms with Crippen LogP contribution in [-0.4, -0.2) is 17.2 Å². The number of rotatable bonds is 4. The Balaban J connectivity index is 3.04. The Bertz CT molecular complexity index is 406. The molecular formula is C11H12BrClO3. The van der Waals surface area contributed by atoms with E-state index in [4.69, 9.17) is 21.4 Å². The molecule has 0 aliphatic carbocycles. The number of carboxylic acid groups (broad SMARTS) is 1. The predicted molar refractivity (Wildman–Crippen MR) is 66.5 cm³/mol. The Morgan fingerprint density at radius 3 is 2.75 bits per heavy atom. The van der Waals surface area contributed by atoms with Gasteiger partial charge in [0.2, 0.25) is 0 Å². The van der Waals surface area contributed by atoms with Crippen molar-refractivity contribution in [2.24, 2.45) is 0 Å². The van der Waals surface area contributed by atoms with Crippen molar-refractivity contribution in [3.05, 3.63) is 28.3 Å². The van der Waals surface area contributed by atoms with Gasteiger partial charge in [0.1, 0.15) is 5.75 Å². The monoisotopic (exact) mass is 306 g/mol. The largest absolute Gasteiger partial charge is 0.479 e. The number of hydrogen-bond acceptors (Lipinski definition) is 2. The summed E-state index contributed by atoms with van der Waals surface area (Å²) in [6.45, 7) is 3.37. The van der Waals surface area contributed by atoms with Crippen LogP contribution in [0.5, 0.6) is 5.75 Å². The first-order chi connectivity index (χ1) is 7.45. The topological polar surface area (TPSA) is 46.5 Å². The second-order valence-corrected chi connectivity index (χ2v) is 4.41. The van der Waals surface area contributed by atoms with Crippen molar-refractivity contribution in [1.82, 2.24) is 0 Å². The molecule has 1 atom stereocenters. The Hall–Kier alpha value is -0.740. The highest BCUT2D eigenvalue weighted by molar-refractivity contribution is 9.08. The van der Waals surface area contributed by atoms with Gasteiger partial charge in [0.25, 0.3) is 0 Å². The lowest BCUT2D eigenvalue weighted by Crippen LogP contribution is -2.23. The molecule has 0 radical (unpaired) electrons. The second kappa shape index (κ2) is 5.55. The van der Waals surface area contributed by atoms with Crippen LogP contribution in [0.1, 0.15) is 18.1 Å². The van der Waals surface area contributed by atoms with Crippen LogP contribution in [0.15, 0.2) is 12.1 Å². The van der Waals surface area contributed by atoms with E-state index in [1.165, 1.54) is 6.92 Å².